The van der Waals surface area contributed by atoms with E-state index in [4.69, 9.17) is 5.73 Å². The van der Waals surface area contributed by atoms with Gasteiger partial charge >= 0.3 is 0 Å². The second-order valence-corrected chi connectivity index (χ2v) is 5.63. The SMILES string of the molecule is CN.Cc1ccc(-c2nc(NC=O)ccc2C=O)c(F)c1.Nc1c(F)cccc1F. The van der Waals surface area contributed by atoms with Crippen LogP contribution in [0.3, 0.4) is 0 Å². The highest BCUT2D eigenvalue weighted by molar-refractivity contribution is 5.87. The largest absolute Gasteiger partial charge is 0.394 e. The molecule has 0 spiro atoms. The predicted molar refractivity (Wildman–Crippen MR) is 110 cm³/mol. The minimum atomic E-state index is -0.713. The number of nitrogens with two attached hydrogens (primary N) is 2. The fraction of sp³-hybridized carbons (Fsp3) is 0.0952. The molecule has 0 saturated heterocycles. The summed E-state index contributed by atoms with van der Waals surface area (Å²) in [5, 5.41) is 2.37. The predicted octanol–water partition coefficient (Wildman–Crippen LogP) is 3.70. The Morgan fingerprint density at radius 2 is 1.57 bits per heavy atom. The number of pyridine rings is 1. The Morgan fingerprint density at radius 1 is 0.933 bits per heavy atom. The number of halogens is 3. The van der Waals surface area contributed by atoms with E-state index in [0.29, 0.717) is 12.7 Å². The summed E-state index contributed by atoms with van der Waals surface area (Å²) in [7, 11) is 1.50. The number of amides is 1. The Bertz CT molecular complexity index is 993. The Morgan fingerprint density at radius 3 is 2.07 bits per heavy atom. The van der Waals surface area contributed by atoms with Crippen molar-refractivity contribution in [3.8, 4) is 11.3 Å². The first kappa shape index (κ1) is 24.3. The van der Waals surface area contributed by atoms with Gasteiger partial charge in [-0.15, -0.1) is 0 Å². The molecule has 5 N–H and O–H groups in total. The van der Waals surface area contributed by atoms with E-state index in [1.165, 1.54) is 31.3 Å². The fourth-order valence-corrected chi connectivity index (χ4v) is 2.24. The number of aryl methyl sites for hydroxylation is 1. The number of rotatable bonds is 4. The number of carbonyl (C=O) groups is 2. The van der Waals surface area contributed by atoms with Gasteiger partial charge in [0.1, 0.15) is 29.0 Å². The van der Waals surface area contributed by atoms with Gasteiger partial charge in [0.2, 0.25) is 6.41 Å². The third-order valence-corrected chi connectivity index (χ3v) is 3.64. The normalized spacial score (nSPS) is 9.40. The maximum Gasteiger partial charge on any atom is 0.212 e. The van der Waals surface area contributed by atoms with Crippen LogP contribution >= 0.6 is 0 Å². The highest BCUT2D eigenvalue weighted by Gasteiger charge is 2.12. The fourth-order valence-electron chi connectivity index (χ4n) is 2.24. The maximum absolute atomic E-state index is 13.9. The van der Waals surface area contributed by atoms with Crippen LogP contribution in [-0.2, 0) is 4.79 Å². The number of benzene rings is 2. The second-order valence-electron chi connectivity index (χ2n) is 5.63. The molecule has 0 radical (unpaired) electrons. The van der Waals surface area contributed by atoms with Gasteiger partial charge in [0.05, 0.1) is 5.69 Å². The van der Waals surface area contributed by atoms with Crippen LogP contribution in [0.4, 0.5) is 24.7 Å². The smallest absolute Gasteiger partial charge is 0.212 e. The van der Waals surface area contributed by atoms with E-state index in [0.717, 1.165) is 17.7 Å². The Kier molecular flexibility index (Phi) is 9.71. The molecule has 1 aromatic heterocycles. The molecule has 2 aromatic carbocycles. The van der Waals surface area contributed by atoms with Crippen LogP contribution in [0.5, 0.6) is 0 Å². The average molecular weight is 418 g/mol. The van der Waals surface area contributed by atoms with Crippen LogP contribution in [0.15, 0.2) is 48.5 Å². The number of anilines is 2. The summed E-state index contributed by atoms with van der Waals surface area (Å²) in [4.78, 5) is 25.5. The summed E-state index contributed by atoms with van der Waals surface area (Å²) in [6, 6.07) is 11.1. The lowest BCUT2D eigenvalue weighted by atomic mass is 10.0. The first-order chi connectivity index (χ1) is 14.4. The van der Waals surface area contributed by atoms with Crippen molar-refractivity contribution < 1.29 is 22.8 Å². The quantitative estimate of drug-likeness (QED) is 0.442. The molecule has 1 heterocycles. The van der Waals surface area contributed by atoms with E-state index in [1.807, 2.05) is 0 Å². The summed E-state index contributed by atoms with van der Waals surface area (Å²) >= 11 is 0. The molecular weight excluding hydrogens is 397 g/mol. The molecule has 0 aliphatic rings. The van der Waals surface area contributed by atoms with Gasteiger partial charge in [0.15, 0.2) is 6.29 Å². The van der Waals surface area contributed by atoms with Crippen molar-refractivity contribution in [2.24, 2.45) is 5.73 Å². The van der Waals surface area contributed by atoms with Crippen molar-refractivity contribution in [2.45, 2.75) is 6.92 Å². The third kappa shape index (κ3) is 6.42. The number of carbonyl (C=O) groups excluding carboxylic acids is 2. The minimum Gasteiger partial charge on any atom is -0.394 e. The van der Waals surface area contributed by atoms with Gasteiger partial charge in [-0.25, -0.2) is 18.2 Å². The number of nitrogen functional groups attached to an aromatic ring is 1. The second kappa shape index (κ2) is 12.0. The highest BCUT2D eigenvalue weighted by atomic mass is 19.1. The average Bonchev–Trinajstić information content (AvgIpc) is 2.74. The van der Waals surface area contributed by atoms with Crippen molar-refractivity contribution in [3.05, 3.63) is 77.1 Å². The van der Waals surface area contributed by atoms with Crippen molar-refractivity contribution in [1.29, 1.82) is 0 Å². The number of hydrogen-bond donors (Lipinski definition) is 3. The summed E-state index contributed by atoms with van der Waals surface area (Å²) in [5.41, 5.74) is 10.5. The Hall–Kier alpha value is -3.72. The van der Waals surface area contributed by atoms with Gasteiger partial charge in [-0.3, -0.25) is 9.59 Å². The summed E-state index contributed by atoms with van der Waals surface area (Å²) in [6.07, 6.45) is 1.07. The van der Waals surface area contributed by atoms with E-state index in [-0.39, 0.29) is 22.6 Å². The van der Waals surface area contributed by atoms with Gasteiger partial charge in [0, 0.05) is 11.1 Å². The molecule has 0 unspecified atom stereocenters. The first-order valence-corrected chi connectivity index (χ1v) is 8.57. The van der Waals surface area contributed by atoms with E-state index < -0.39 is 23.1 Å². The van der Waals surface area contributed by atoms with Crippen LogP contribution in [0.2, 0.25) is 0 Å². The zero-order chi connectivity index (χ0) is 22.7. The summed E-state index contributed by atoms with van der Waals surface area (Å²) in [6.45, 7) is 1.77. The van der Waals surface area contributed by atoms with E-state index >= 15 is 0 Å². The van der Waals surface area contributed by atoms with Crippen LogP contribution in [0, 0.1) is 24.4 Å². The molecular formula is C21H21F3N4O2. The van der Waals surface area contributed by atoms with Crippen molar-refractivity contribution in [3.63, 3.8) is 0 Å². The molecule has 158 valence electrons. The monoisotopic (exact) mass is 418 g/mol. The number of aromatic nitrogens is 1. The number of hydrogen-bond acceptors (Lipinski definition) is 5. The molecule has 3 rings (SSSR count). The van der Waals surface area contributed by atoms with Crippen LogP contribution in [0.1, 0.15) is 15.9 Å². The van der Waals surface area contributed by atoms with Gasteiger partial charge in [0.25, 0.3) is 0 Å². The van der Waals surface area contributed by atoms with Gasteiger partial charge < -0.3 is 16.8 Å². The number of aldehydes is 1. The third-order valence-electron chi connectivity index (χ3n) is 3.64. The summed E-state index contributed by atoms with van der Waals surface area (Å²) in [5.74, 6) is -1.63. The van der Waals surface area contributed by atoms with Crippen molar-refractivity contribution in [1.82, 2.24) is 4.98 Å². The molecule has 0 aliphatic carbocycles. The highest BCUT2D eigenvalue weighted by Crippen LogP contribution is 2.26. The molecule has 6 nitrogen and oxygen atoms in total. The molecule has 1 amide bonds. The van der Waals surface area contributed by atoms with Crippen LogP contribution in [0.25, 0.3) is 11.3 Å². The van der Waals surface area contributed by atoms with Crippen molar-refractivity contribution in [2.75, 3.05) is 18.1 Å². The Labute approximate surface area is 171 Å². The number of para-hydroxylation sites is 1. The zero-order valence-electron chi connectivity index (χ0n) is 16.3. The molecule has 30 heavy (non-hydrogen) atoms. The van der Waals surface area contributed by atoms with Crippen molar-refractivity contribution >= 4 is 24.2 Å². The molecule has 3 aromatic rings. The van der Waals surface area contributed by atoms with Crippen LogP contribution in [-0.4, -0.2) is 24.7 Å². The molecule has 0 aliphatic heterocycles. The molecule has 0 fully saturated rings. The van der Waals surface area contributed by atoms with E-state index in [1.54, 1.807) is 19.1 Å². The van der Waals surface area contributed by atoms with Gasteiger partial charge in [-0.1, -0.05) is 12.1 Å². The number of nitrogens with zero attached hydrogens (tertiary/aromatic N) is 1. The lowest BCUT2D eigenvalue weighted by Crippen LogP contribution is -2.01. The van der Waals surface area contributed by atoms with E-state index in [9.17, 15) is 22.8 Å². The van der Waals surface area contributed by atoms with E-state index in [2.05, 4.69) is 16.0 Å². The van der Waals surface area contributed by atoms with Gasteiger partial charge in [-0.2, -0.15) is 0 Å². The molecule has 0 atom stereocenters. The van der Waals surface area contributed by atoms with Gasteiger partial charge in [-0.05, 0) is 55.9 Å². The zero-order valence-corrected chi connectivity index (χ0v) is 16.3. The molecule has 9 heteroatoms. The topological polar surface area (TPSA) is 111 Å². The lowest BCUT2D eigenvalue weighted by molar-refractivity contribution is -0.105. The first-order valence-electron chi connectivity index (χ1n) is 8.57. The Balaban J connectivity index is 0.000000342. The molecule has 0 bridgehead atoms. The minimum absolute atomic E-state index is 0.208. The van der Waals surface area contributed by atoms with Crippen LogP contribution < -0.4 is 16.8 Å². The maximum atomic E-state index is 13.9. The molecule has 0 saturated carbocycles. The standard InChI is InChI=1S/C14H11FN2O2.C6H5F2N.CH5N/c1-9-2-4-11(12(15)6-9)14-10(7-18)3-5-13(17-14)16-8-19;7-4-2-1-3-5(8)6(4)9;1-2/h2-8H,1H3,(H,16,17,19);1-3H,9H2;2H2,1H3. The summed E-state index contributed by atoms with van der Waals surface area (Å²) < 4.78 is 38.4. The number of nitrogens with one attached hydrogen (secondary N) is 1. The lowest BCUT2D eigenvalue weighted by Gasteiger charge is -2.08.